The summed E-state index contributed by atoms with van der Waals surface area (Å²) in [5.74, 6) is 0.538. The fraction of sp³-hybridized carbons (Fsp3) is 0.214. The number of imidazole rings is 1. The lowest BCUT2D eigenvalue weighted by Crippen LogP contribution is -2.03. The smallest absolute Gasteiger partial charge is 0.245 e. The summed E-state index contributed by atoms with van der Waals surface area (Å²) >= 11 is 0. The molecule has 0 aliphatic heterocycles. The van der Waals surface area contributed by atoms with Crippen molar-refractivity contribution in [3.8, 4) is 5.88 Å². The largest absolute Gasteiger partial charge is 0.471 e. The zero-order valence-electron chi connectivity index (χ0n) is 11.5. The van der Waals surface area contributed by atoms with Gasteiger partial charge in [-0.05, 0) is 11.1 Å². The number of hydrogen-bond acceptors (Lipinski definition) is 6. The molecular weight excluding hydrogens is 269 g/mol. The molecule has 0 saturated carbocycles. The topological polar surface area (TPSA) is 99.1 Å². The molecule has 0 fully saturated rings. The number of benzene rings is 1. The standard InChI is InChI=1S/C14H15N5O2/c1-19-8-16-12-11(19)13(18-14(15)17-12)21-7-10-4-2-9(6-20)3-5-10/h2-5,8,20H,6-7H2,1H3,(H2,15,17,18)/i1-1. The Morgan fingerprint density at radius 2 is 1.90 bits per heavy atom. The number of nitrogens with zero attached hydrogens (tertiary/aromatic N) is 4. The van der Waals surface area contributed by atoms with Crippen molar-refractivity contribution in [2.45, 2.75) is 13.2 Å². The van der Waals surface area contributed by atoms with Crippen LogP contribution in [0.15, 0.2) is 30.6 Å². The number of anilines is 1. The summed E-state index contributed by atoms with van der Waals surface area (Å²) in [6.45, 7) is 0.377. The average Bonchev–Trinajstić information content (AvgIpc) is 2.86. The number of rotatable bonds is 4. The van der Waals surface area contributed by atoms with Crippen molar-refractivity contribution in [2.75, 3.05) is 5.73 Å². The first-order valence-corrected chi connectivity index (χ1v) is 6.43. The number of aliphatic hydroxyl groups excluding tert-OH is 1. The average molecular weight is 284 g/mol. The Kier molecular flexibility index (Phi) is 3.41. The van der Waals surface area contributed by atoms with Crippen molar-refractivity contribution in [3.63, 3.8) is 0 Å². The van der Waals surface area contributed by atoms with Crippen LogP contribution in [-0.4, -0.2) is 24.6 Å². The molecule has 7 heteroatoms. The third-order valence-electron chi connectivity index (χ3n) is 3.14. The molecular formula is C14H15N5O2. The summed E-state index contributed by atoms with van der Waals surface area (Å²) in [6.07, 6.45) is 1.64. The van der Waals surface area contributed by atoms with Crippen LogP contribution in [0.5, 0.6) is 5.88 Å². The highest BCUT2D eigenvalue weighted by Crippen LogP contribution is 2.22. The molecule has 108 valence electrons. The van der Waals surface area contributed by atoms with Crippen LogP contribution in [0.25, 0.3) is 11.2 Å². The molecule has 0 bridgehead atoms. The van der Waals surface area contributed by atoms with Gasteiger partial charge in [-0.15, -0.1) is 0 Å². The number of fused-ring (bicyclic) bond motifs is 1. The van der Waals surface area contributed by atoms with Crippen molar-refractivity contribution in [1.29, 1.82) is 0 Å². The molecule has 2 heterocycles. The molecule has 0 saturated heterocycles. The first-order valence-electron chi connectivity index (χ1n) is 6.43. The third-order valence-corrected chi connectivity index (χ3v) is 3.14. The van der Waals surface area contributed by atoms with Gasteiger partial charge in [0.2, 0.25) is 11.8 Å². The molecule has 0 unspecified atom stereocenters. The van der Waals surface area contributed by atoms with Gasteiger partial charge in [0.25, 0.3) is 0 Å². The second kappa shape index (κ2) is 5.37. The molecule has 21 heavy (non-hydrogen) atoms. The van der Waals surface area contributed by atoms with E-state index < -0.39 is 0 Å². The van der Waals surface area contributed by atoms with Gasteiger partial charge in [-0.1, -0.05) is 24.3 Å². The monoisotopic (exact) mass is 284 g/mol. The summed E-state index contributed by atoms with van der Waals surface area (Å²) in [5, 5.41) is 9.02. The SMILES string of the molecule is [11CH3]n1cnc2nc(N)nc(OCc3ccc(CO)cc3)c21. The molecule has 0 spiro atoms. The number of hydrogen-bond donors (Lipinski definition) is 2. The minimum atomic E-state index is 0.0270. The van der Waals surface area contributed by atoms with Crippen LogP contribution in [-0.2, 0) is 20.3 Å². The van der Waals surface area contributed by atoms with Gasteiger partial charge in [-0.2, -0.15) is 9.97 Å². The number of aliphatic hydroxyl groups is 1. The van der Waals surface area contributed by atoms with Gasteiger partial charge >= 0.3 is 0 Å². The van der Waals surface area contributed by atoms with Crippen LogP contribution < -0.4 is 10.5 Å². The predicted molar refractivity (Wildman–Crippen MR) is 77.4 cm³/mol. The van der Waals surface area contributed by atoms with Crippen LogP contribution in [0, 0.1) is 0 Å². The van der Waals surface area contributed by atoms with E-state index in [-0.39, 0.29) is 12.6 Å². The van der Waals surface area contributed by atoms with Crippen LogP contribution >= 0.6 is 0 Å². The predicted octanol–water partition coefficient (Wildman–Crippen LogP) is 1.02. The molecule has 7 nitrogen and oxygen atoms in total. The van der Waals surface area contributed by atoms with Crippen molar-refractivity contribution >= 4 is 17.1 Å². The summed E-state index contributed by atoms with van der Waals surface area (Å²) in [7, 11) is 1.85. The lowest BCUT2D eigenvalue weighted by atomic mass is 10.1. The van der Waals surface area contributed by atoms with E-state index in [1.165, 1.54) is 0 Å². The zero-order valence-corrected chi connectivity index (χ0v) is 11.5. The lowest BCUT2D eigenvalue weighted by molar-refractivity contribution is 0.281. The van der Waals surface area contributed by atoms with Crippen molar-refractivity contribution < 1.29 is 9.84 Å². The Morgan fingerprint density at radius 1 is 1.19 bits per heavy atom. The minimum Gasteiger partial charge on any atom is -0.471 e. The molecule has 3 aromatic rings. The van der Waals surface area contributed by atoms with Crippen molar-refractivity contribution in [1.82, 2.24) is 19.5 Å². The quantitative estimate of drug-likeness (QED) is 0.742. The Morgan fingerprint density at radius 3 is 2.62 bits per heavy atom. The first kappa shape index (κ1) is 13.3. The van der Waals surface area contributed by atoms with Gasteiger partial charge in [0.1, 0.15) is 6.61 Å². The van der Waals surface area contributed by atoms with E-state index in [4.69, 9.17) is 15.6 Å². The Bertz CT molecular complexity index is 767. The maximum Gasteiger partial charge on any atom is 0.245 e. The first-order chi connectivity index (χ1) is 10.2. The molecule has 0 radical (unpaired) electrons. The summed E-state index contributed by atoms with van der Waals surface area (Å²) < 4.78 is 7.54. The molecule has 2 aromatic heterocycles. The zero-order chi connectivity index (χ0) is 14.8. The van der Waals surface area contributed by atoms with Gasteiger partial charge in [-0.3, -0.25) is 0 Å². The Hall–Kier alpha value is -2.67. The number of ether oxygens (including phenoxy) is 1. The normalized spacial score (nSPS) is 11.0. The van der Waals surface area contributed by atoms with Gasteiger partial charge in [-0.25, -0.2) is 4.98 Å². The van der Waals surface area contributed by atoms with Crippen LogP contribution in [0.4, 0.5) is 5.95 Å². The number of aromatic nitrogens is 4. The van der Waals surface area contributed by atoms with Gasteiger partial charge in [0, 0.05) is 7.05 Å². The number of aryl methyl sites for hydroxylation is 1. The molecule has 3 N–H and O–H groups in total. The molecule has 3 rings (SSSR count). The van der Waals surface area contributed by atoms with E-state index in [0.717, 1.165) is 11.1 Å². The van der Waals surface area contributed by atoms with E-state index in [0.29, 0.717) is 23.7 Å². The van der Waals surface area contributed by atoms with Crippen LogP contribution in [0.2, 0.25) is 0 Å². The van der Waals surface area contributed by atoms with Crippen molar-refractivity contribution in [2.24, 2.45) is 7.05 Å². The number of nitrogen functional groups attached to an aromatic ring is 1. The van der Waals surface area contributed by atoms with E-state index in [1.807, 2.05) is 31.3 Å². The summed E-state index contributed by atoms with van der Waals surface area (Å²) in [6, 6.07) is 7.51. The minimum absolute atomic E-state index is 0.0270. The second-order valence-corrected chi connectivity index (χ2v) is 4.68. The fourth-order valence-corrected chi connectivity index (χ4v) is 2.03. The summed E-state index contributed by atoms with van der Waals surface area (Å²) in [4.78, 5) is 12.3. The highest BCUT2D eigenvalue weighted by molar-refractivity contribution is 5.77. The molecule has 0 atom stereocenters. The molecule has 0 aliphatic carbocycles. The highest BCUT2D eigenvalue weighted by atomic mass is 16.5. The van der Waals surface area contributed by atoms with E-state index in [9.17, 15) is 0 Å². The van der Waals surface area contributed by atoms with E-state index >= 15 is 0 Å². The Balaban J connectivity index is 1.85. The molecule has 1 aromatic carbocycles. The highest BCUT2D eigenvalue weighted by Gasteiger charge is 2.12. The maximum atomic E-state index is 9.02. The van der Waals surface area contributed by atoms with Gasteiger partial charge in [0.05, 0.1) is 12.9 Å². The van der Waals surface area contributed by atoms with Gasteiger partial charge in [0.15, 0.2) is 11.2 Å². The van der Waals surface area contributed by atoms with E-state index in [1.54, 1.807) is 10.9 Å². The number of nitrogens with two attached hydrogens (primary N) is 1. The maximum absolute atomic E-state index is 9.02. The molecule has 0 aliphatic rings. The molecule has 0 amide bonds. The van der Waals surface area contributed by atoms with Crippen molar-refractivity contribution in [3.05, 3.63) is 41.7 Å². The van der Waals surface area contributed by atoms with E-state index in [2.05, 4.69) is 15.0 Å². The van der Waals surface area contributed by atoms with Gasteiger partial charge < -0.3 is 20.1 Å². The van der Waals surface area contributed by atoms with Crippen LogP contribution in [0.3, 0.4) is 0 Å². The summed E-state index contributed by atoms with van der Waals surface area (Å²) in [5.41, 5.74) is 8.71. The fourth-order valence-electron chi connectivity index (χ4n) is 2.03. The third kappa shape index (κ3) is 2.63. The second-order valence-electron chi connectivity index (χ2n) is 4.68. The lowest BCUT2D eigenvalue weighted by Gasteiger charge is -2.08. The Labute approximate surface area is 121 Å². The van der Waals surface area contributed by atoms with Crippen LogP contribution in [0.1, 0.15) is 11.1 Å².